The molecule has 0 saturated heterocycles. The van der Waals surface area contributed by atoms with Crippen molar-refractivity contribution in [3.05, 3.63) is 170 Å². The maximum Gasteiger partial charge on any atom is 0.00404 e. The Morgan fingerprint density at radius 1 is 0.159 bits per heavy atom. The fraction of sp³-hybridized carbons (Fsp3) is 0. The molecule has 7 aromatic carbocycles. The Balaban J connectivity index is 1.02. The summed E-state index contributed by atoms with van der Waals surface area (Å²) in [5.74, 6) is 0. The van der Waals surface area contributed by atoms with Crippen LogP contribution in [0.3, 0.4) is 0 Å². The third-order valence-electron chi connectivity index (χ3n) is 8.16. The molecule has 0 atom stereocenters. The van der Waals surface area contributed by atoms with Crippen LogP contribution in [0.15, 0.2) is 180 Å². The minimum absolute atomic E-state index is 0.976. The first-order valence-corrected chi connectivity index (χ1v) is 15.6. The van der Waals surface area contributed by atoms with Crippen LogP contribution in [0.25, 0.3) is 66.8 Å². The lowest BCUT2D eigenvalue weighted by atomic mass is 9.96. The highest BCUT2D eigenvalue weighted by Gasteiger charge is 2.06. The van der Waals surface area contributed by atoms with Gasteiger partial charge in [0.15, 0.2) is 0 Å². The molecular weight excluding hydrogens is 569 g/mol. The molecule has 0 saturated carbocycles. The summed E-state index contributed by atoms with van der Waals surface area (Å²) in [6.07, 6.45) is 0. The molecule has 0 nitrogen and oxygen atoms in total. The van der Waals surface area contributed by atoms with E-state index >= 15 is 0 Å². The molecule has 0 N–H and O–H groups in total. The molecule has 0 radical (unpaired) electrons. The molecule has 0 aliphatic heterocycles. The van der Waals surface area contributed by atoms with Crippen molar-refractivity contribution in [2.75, 3.05) is 0 Å². The fourth-order valence-corrected chi connectivity index (χ4v) is 5.88. The van der Waals surface area contributed by atoms with E-state index in [1.807, 2.05) is 24.3 Å². The van der Waals surface area contributed by atoms with Gasteiger partial charge in [0, 0.05) is 9.79 Å². The minimum Gasteiger partial charge on any atom is -0.143 e. The SMILES string of the molecule is Sc1ccc(-c2ccc(-c3ccc(-c4ccc(-c5ccc(-c6ccc(-c7ccc(S)cc7)cc6)cc5)cc4)cc3)cc2)cc1. The van der Waals surface area contributed by atoms with Gasteiger partial charge < -0.3 is 0 Å². The van der Waals surface area contributed by atoms with Gasteiger partial charge in [0.2, 0.25) is 0 Å². The molecule has 0 amide bonds. The van der Waals surface area contributed by atoms with Crippen LogP contribution < -0.4 is 0 Å². The van der Waals surface area contributed by atoms with E-state index in [9.17, 15) is 0 Å². The molecule has 0 fully saturated rings. The molecular formula is C42H30S2. The standard InChI is InChI=1S/C42H30S2/c43-41-25-21-39(22-26-41)37-17-13-35(14-18-37)33-9-5-31(6-10-33)29-1-2-30(4-3-29)32-7-11-34(12-8-32)36-15-19-38(20-16-36)40-23-27-42(44)28-24-40/h1-28,43-44H. The van der Waals surface area contributed by atoms with Crippen molar-refractivity contribution in [3.8, 4) is 66.8 Å². The van der Waals surface area contributed by atoms with E-state index in [-0.39, 0.29) is 0 Å². The largest absolute Gasteiger partial charge is 0.143 e. The van der Waals surface area contributed by atoms with Crippen LogP contribution in [0.4, 0.5) is 0 Å². The average molecular weight is 599 g/mol. The van der Waals surface area contributed by atoms with Crippen LogP contribution in [0.1, 0.15) is 0 Å². The zero-order valence-corrected chi connectivity index (χ0v) is 25.8. The van der Waals surface area contributed by atoms with E-state index in [1.165, 1.54) is 66.8 Å². The van der Waals surface area contributed by atoms with Crippen LogP contribution in [-0.2, 0) is 0 Å². The summed E-state index contributed by atoms with van der Waals surface area (Å²) < 4.78 is 0. The number of rotatable bonds is 6. The Labute approximate surface area is 270 Å². The lowest BCUT2D eigenvalue weighted by molar-refractivity contribution is 1.47. The molecule has 0 aliphatic rings. The third kappa shape index (κ3) is 6.14. The summed E-state index contributed by atoms with van der Waals surface area (Å²) in [6, 6.07) is 60.5. The maximum absolute atomic E-state index is 4.39. The van der Waals surface area contributed by atoms with E-state index in [0.717, 1.165) is 9.79 Å². The molecule has 0 heterocycles. The predicted octanol–water partition coefficient (Wildman–Crippen LogP) is 12.3. The molecule has 0 spiro atoms. The third-order valence-corrected chi connectivity index (χ3v) is 8.76. The second-order valence-corrected chi connectivity index (χ2v) is 12.0. The number of benzene rings is 7. The number of hydrogen-bond donors (Lipinski definition) is 2. The summed E-state index contributed by atoms with van der Waals surface area (Å²) in [7, 11) is 0. The molecule has 7 aromatic rings. The monoisotopic (exact) mass is 598 g/mol. The summed E-state index contributed by atoms with van der Waals surface area (Å²) >= 11 is 8.78. The smallest absolute Gasteiger partial charge is 0.00404 e. The van der Waals surface area contributed by atoms with Crippen LogP contribution in [0.2, 0.25) is 0 Å². The molecule has 0 unspecified atom stereocenters. The van der Waals surface area contributed by atoms with E-state index < -0.39 is 0 Å². The van der Waals surface area contributed by atoms with Gasteiger partial charge in [0.25, 0.3) is 0 Å². The van der Waals surface area contributed by atoms with Crippen molar-refractivity contribution in [3.63, 3.8) is 0 Å². The number of hydrogen-bond acceptors (Lipinski definition) is 2. The first-order valence-electron chi connectivity index (χ1n) is 14.7. The van der Waals surface area contributed by atoms with Crippen molar-refractivity contribution >= 4 is 25.3 Å². The van der Waals surface area contributed by atoms with Gasteiger partial charge in [-0.25, -0.2) is 0 Å². The molecule has 44 heavy (non-hydrogen) atoms. The number of thiol groups is 2. The summed E-state index contributed by atoms with van der Waals surface area (Å²) in [5, 5.41) is 0. The van der Waals surface area contributed by atoms with Gasteiger partial charge in [-0.3, -0.25) is 0 Å². The van der Waals surface area contributed by atoms with Crippen molar-refractivity contribution in [1.29, 1.82) is 0 Å². The van der Waals surface area contributed by atoms with Gasteiger partial charge in [0.05, 0.1) is 0 Å². The first kappa shape index (κ1) is 28.0. The Morgan fingerprint density at radius 2 is 0.250 bits per heavy atom. The van der Waals surface area contributed by atoms with E-state index in [2.05, 4.69) is 171 Å². The highest BCUT2D eigenvalue weighted by Crippen LogP contribution is 2.31. The normalized spacial score (nSPS) is 11.0. The van der Waals surface area contributed by atoms with Crippen molar-refractivity contribution in [2.45, 2.75) is 9.79 Å². The van der Waals surface area contributed by atoms with E-state index in [0.29, 0.717) is 0 Å². The Morgan fingerprint density at radius 3 is 0.364 bits per heavy atom. The van der Waals surface area contributed by atoms with Crippen molar-refractivity contribution in [2.24, 2.45) is 0 Å². The van der Waals surface area contributed by atoms with Crippen LogP contribution in [0.5, 0.6) is 0 Å². The molecule has 210 valence electrons. The zero-order chi connectivity index (χ0) is 29.9. The molecule has 7 rings (SSSR count). The Hall–Kier alpha value is -4.76. The van der Waals surface area contributed by atoms with Gasteiger partial charge in [-0.05, 0) is 91.0 Å². The van der Waals surface area contributed by atoms with E-state index in [1.54, 1.807) is 0 Å². The van der Waals surface area contributed by atoms with Crippen LogP contribution >= 0.6 is 25.3 Å². The van der Waals surface area contributed by atoms with Gasteiger partial charge in [-0.1, -0.05) is 146 Å². The maximum atomic E-state index is 4.39. The van der Waals surface area contributed by atoms with Gasteiger partial charge in [-0.2, -0.15) is 0 Å². The second-order valence-electron chi connectivity index (χ2n) is 11.0. The zero-order valence-electron chi connectivity index (χ0n) is 24.1. The molecule has 0 bridgehead atoms. The van der Waals surface area contributed by atoms with Crippen LogP contribution in [0, 0.1) is 0 Å². The highest BCUT2D eigenvalue weighted by atomic mass is 32.1. The van der Waals surface area contributed by atoms with Gasteiger partial charge in [0.1, 0.15) is 0 Å². The highest BCUT2D eigenvalue weighted by molar-refractivity contribution is 7.80. The van der Waals surface area contributed by atoms with E-state index in [4.69, 9.17) is 0 Å². The van der Waals surface area contributed by atoms with Crippen molar-refractivity contribution in [1.82, 2.24) is 0 Å². The first-order chi connectivity index (χ1) is 21.6. The van der Waals surface area contributed by atoms with Gasteiger partial charge in [-0.15, -0.1) is 25.3 Å². The average Bonchev–Trinajstić information content (AvgIpc) is 3.09. The molecule has 0 aromatic heterocycles. The summed E-state index contributed by atoms with van der Waals surface area (Å²) in [4.78, 5) is 1.95. The molecule has 0 aliphatic carbocycles. The molecule has 2 heteroatoms. The lowest BCUT2D eigenvalue weighted by Gasteiger charge is -2.09. The quantitative estimate of drug-likeness (QED) is 0.175. The summed E-state index contributed by atoms with van der Waals surface area (Å²) in [5.41, 5.74) is 14.5. The van der Waals surface area contributed by atoms with Gasteiger partial charge >= 0.3 is 0 Å². The topological polar surface area (TPSA) is 0 Å². The van der Waals surface area contributed by atoms with Crippen molar-refractivity contribution < 1.29 is 0 Å². The predicted molar refractivity (Wildman–Crippen MR) is 194 cm³/mol. The minimum atomic E-state index is 0.976. The Bertz CT molecular complexity index is 1830. The summed E-state index contributed by atoms with van der Waals surface area (Å²) in [6.45, 7) is 0. The second kappa shape index (κ2) is 12.5. The lowest BCUT2D eigenvalue weighted by Crippen LogP contribution is -1.84. The Kier molecular flexibility index (Phi) is 7.94. The van der Waals surface area contributed by atoms with Crippen LogP contribution in [-0.4, -0.2) is 0 Å². The fourth-order valence-electron chi connectivity index (χ4n) is 5.58.